The van der Waals surface area contributed by atoms with Gasteiger partial charge in [-0.1, -0.05) is 26.7 Å². The molecule has 0 fully saturated rings. The molecule has 0 aliphatic carbocycles. The second-order valence-electron chi connectivity index (χ2n) is 3.14. The van der Waals surface area contributed by atoms with Gasteiger partial charge in [0.05, 0.1) is 6.61 Å². The molecule has 1 atom stereocenters. The molecule has 13 heavy (non-hydrogen) atoms. The van der Waals surface area contributed by atoms with Crippen molar-refractivity contribution in [3.05, 3.63) is 0 Å². The van der Waals surface area contributed by atoms with Crippen LogP contribution in [0.5, 0.6) is 0 Å². The third-order valence-corrected chi connectivity index (χ3v) is 1.84. The summed E-state index contributed by atoms with van der Waals surface area (Å²) in [6, 6.07) is 0. The molecule has 0 bridgehead atoms. The molecule has 0 aliphatic heterocycles. The molecule has 0 aliphatic rings. The quantitative estimate of drug-likeness (QED) is 0.474. The van der Waals surface area contributed by atoms with Gasteiger partial charge in [-0.25, -0.2) is 4.79 Å². The minimum atomic E-state index is -0.537. The lowest BCUT2D eigenvalue weighted by molar-refractivity contribution is 0.0273. The fourth-order valence-corrected chi connectivity index (χ4v) is 0.789. The highest BCUT2D eigenvalue weighted by atomic mass is 16.7. The van der Waals surface area contributed by atoms with E-state index in [1.54, 1.807) is 0 Å². The lowest BCUT2D eigenvalue weighted by Gasteiger charge is -2.10. The second-order valence-corrected chi connectivity index (χ2v) is 3.14. The molecule has 0 radical (unpaired) electrons. The fourth-order valence-electron chi connectivity index (χ4n) is 0.789. The Morgan fingerprint density at radius 2 is 2.00 bits per heavy atom. The molecule has 0 saturated heterocycles. The Labute approximate surface area is 80.4 Å². The van der Waals surface area contributed by atoms with E-state index < -0.39 is 6.16 Å². The zero-order valence-corrected chi connectivity index (χ0v) is 8.84. The highest BCUT2D eigenvalue weighted by Gasteiger charge is 2.07. The van der Waals surface area contributed by atoms with E-state index in [0.717, 1.165) is 25.7 Å². The van der Waals surface area contributed by atoms with Crippen molar-refractivity contribution in [2.24, 2.45) is 0 Å². The van der Waals surface area contributed by atoms with Crippen LogP contribution in [0.25, 0.3) is 0 Å². The normalized spacial score (nSPS) is 12.2. The van der Waals surface area contributed by atoms with Gasteiger partial charge < -0.3 is 9.47 Å². The Hall–Kier alpha value is -0.730. The summed E-state index contributed by atoms with van der Waals surface area (Å²) < 4.78 is 9.77. The number of hydrogen-bond acceptors (Lipinski definition) is 3. The van der Waals surface area contributed by atoms with Gasteiger partial charge in [-0.15, -0.1) is 0 Å². The van der Waals surface area contributed by atoms with Crippen molar-refractivity contribution >= 4 is 6.16 Å². The zero-order chi connectivity index (χ0) is 10.1. The maximum atomic E-state index is 10.9. The smallest absolute Gasteiger partial charge is 0.434 e. The molecular formula is C10H20O3. The van der Waals surface area contributed by atoms with Crippen molar-refractivity contribution in [1.82, 2.24) is 0 Å². The van der Waals surface area contributed by atoms with Crippen LogP contribution in [0.15, 0.2) is 0 Å². The largest absolute Gasteiger partial charge is 0.508 e. The van der Waals surface area contributed by atoms with Crippen molar-refractivity contribution in [3.8, 4) is 0 Å². The number of hydrogen-bond donors (Lipinski definition) is 0. The van der Waals surface area contributed by atoms with Crippen LogP contribution in [0.3, 0.4) is 0 Å². The zero-order valence-electron chi connectivity index (χ0n) is 8.84. The van der Waals surface area contributed by atoms with Gasteiger partial charge in [0.1, 0.15) is 6.10 Å². The molecule has 0 amide bonds. The lowest BCUT2D eigenvalue weighted by atomic mass is 10.3. The number of carbonyl (C=O) groups excluding carboxylic acids is 1. The van der Waals surface area contributed by atoms with Crippen LogP contribution in [-0.2, 0) is 9.47 Å². The van der Waals surface area contributed by atoms with E-state index in [4.69, 9.17) is 9.47 Å². The molecule has 0 heterocycles. The minimum Gasteiger partial charge on any atom is -0.434 e. The van der Waals surface area contributed by atoms with Crippen molar-refractivity contribution in [2.75, 3.05) is 6.61 Å². The molecule has 3 heteroatoms. The first kappa shape index (κ1) is 12.3. The Bertz CT molecular complexity index is 134. The van der Waals surface area contributed by atoms with E-state index in [1.807, 2.05) is 13.8 Å². The Balaban J connectivity index is 3.30. The van der Waals surface area contributed by atoms with E-state index >= 15 is 0 Å². The molecule has 78 valence electrons. The van der Waals surface area contributed by atoms with Gasteiger partial charge in [-0.2, -0.15) is 0 Å². The third-order valence-electron chi connectivity index (χ3n) is 1.84. The molecule has 0 rings (SSSR count). The van der Waals surface area contributed by atoms with Gasteiger partial charge in [0.15, 0.2) is 0 Å². The summed E-state index contributed by atoms with van der Waals surface area (Å²) in [5.74, 6) is 0. The van der Waals surface area contributed by atoms with Crippen LogP contribution >= 0.6 is 0 Å². The number of unbranched alkanes of at least 4 members (excludes halogenated alkanes) is 2. The van der Waals surface area contributed by atoms with Crippen LogP contribution in [-0.4, -0.2) is 18.9 Å². The average molecular weight is 188 g/mol. The summed E-state index contributed by atoms with van der Waals surface area (Å²) in [5.41, 5.74) is 0. The monoisotopic (exact) mass is 188 g/mol. The summed E-state index contributed by atoms with van der Waals surface area (Å²) in [4.78, 5) is 10.9. The molecule has 0 N–H and O–H groups in total. The maximum absolute atomic E-state index is 10.9. The third kappa shape index (κ3) is 7.62. The van der Waals surface area contributed by atoms with Gasteiger partial charge in [-0.05, 0) is 19.8 Å². The maximum Gasteiger partial charge on any atom is 0.508 e. The predicted molar refractivity (Wildman–Crippen MR) is 51.7 cm³/mol. The van der Waals surface area contributed by atoms with E-state index in [-0.39, 0.29) is 6.10 Å². The van der Waals surface area contributed by atoms with Gasteiger partial charge in [-0.3, -0.25) is 0 Å². The van der Waals surface area contributed by atoms with E-state index in [0.29, 0.717) is 6.61 Å². The predicted octanol–water partition coefficient (Wildman–Crippen LogP) is 3.13. The molecule has 0 spiro atoms. The number of carbonyl (C=O) groups is 1. The summed E-state index contributed by atoms with van der Waals surface area (Å²) in [7, 11) is 0. The lowest BCUT2D eigenvalue weighted by Crippen LogP contribution is -2.15. The van der Waals surface area contributed by atoms with Gasteiger partial charge >= 0.3 is 6.16 Å². The topological polar surface area (TPSA) is 35.5 Å². The molecule has 0 aromatic rings. The standard InChI is InChI=1S/C10H20O3/c1-4-6-7-8-12-10(11)13-9(3)5-2/h9H,4-8H2,1-3H3/t9-/m1/s1. The van der Waals surface area contributed by atoms with Crippen molar-refractivity contribution in [1.29, 1.82) is 0 Å². The average Bonchev–Trinajstić information content (AvgIpc) is 2.12. The molecule has 0 aromatic heterocycles. The van der Waals surface area contributed by atoms with Crippen molar-refractivity contribution < 1.29 is 14.3 Å². The minimum absolute atomic E-state index is 0.0429. The summed E-state index contributed by atoms with van der Waals surface area (Å²) in [5, 5.41) is 0. The molecule has 0 unspecified atom stereocenters. The van der Waals surface area contributed by atoms with E-state index in [1.165, 1.54) is 0 Å². The second kappa shape index (κ2) is 7.90. The van der Waals surface area contributed by atoms with Crippen molar-refractivity contribution in [3.63, 3.8) is 0 Å². The summed E-state index contributed by atoms with van der Waals surface area (Å²) in [6.45, 7) is 6.41. The fraction of sp³-hybridized carbons (Fsp3) is 0.900. The number of rotatable bonds is 6. The highest BCUT2D eigenvalue weighted by Crippen LogP contribution is 2.00. The Morgan fingerprint density at radius 1 is 1.31 bits per heavy atom. The molecule has 3 nitrogen and oxygen atoms in total. The van der Waals surface area contributed by atoms with E-state index in [2.05, 4.69) is 6.92 Å². The van der Waals surface area contributed by atoms with Gasteiger partial charge in [0, 0.05) is 0 Å². The first-order valence-corrected chi connectivity index (χ1v) is 5.04. The van der Waals surface area contributed by atoms with Crippen LogP contribution in [0, 0.1) is 0 Å². The van der Waals surface area contributed by atoms with E-state index in [9.17, 15) is 4.79 Å². The molecule has 0 aromatic carbocycles. The number of ether oxygens (including phenoxy) is 2. The Morgan fingerprint density at radius 3 is 2.54 bits per heavy atom. The molecule has 0 saturated carbocycles. The SMILES string of the molecule is CCCCCOC(=O)O[C@H](C)CC. The Kier molecular flexibility index (Phi) is 7.45. The first-order valence-electron chi connectivity index (χ1n) is 5.04. The summed E-state index contributed by atoms with van der Waals surface area (Å²) in [6.07, 6.45) is 3.39. The van der Waals surface area contributed by atoms with Crippen LogP contribution in [0.4, 0.5) is 4.79 Å². The molecular weight excluding hydrogens is 168 g/mol. The first-order chi connectivity index (χ1) is 6.20. The van der Waals surface area contributed by atoms with Crippen LogP contribution < -0.4 is 0 Å². The van der Waals surface area contributed by atoms with Crippen LogP contribution in [0.2, 0.25) is 0 Å². The van der Waals surface area contributed by atoms with Crippen LogP contribution in [0.1, 0.15) is 46.5 Å². The summed E-state index contributed by atoms with van der Waals surface area (Å²) >= 11 is 0. The van der Waals surface area contributed by atoms with Crippen molar-refractivity contribution in [2.45, 2.75) is 52.6 Å². The highest BCUT2D eigenvalue weighted by molar-refractivity contribution is 5.59. The van der Waals surface area contributed by atoms with Gasteiger partial charge in [0.2, 0.25) is 0 Å². The van der Waals surface area contributed by atoms with Gasteiger partial charge in [0.25, 0.3) is 0 Å².